The molecule has 0 unspecified atom stereocenters. The molecule has 0 spiro atoms. The Balaban J connectivity index is 1.23. The Morgan fingerprint density at radius 3 is 2.85 bits per heavy atom. The van der Waals surface area contributed by atoms with Crippen LogP contribution in [0.5, 0.6) is 0 Å². The number of carbonyl (C=O) groups excluding carboxylic acids is 1. The molecule has 11 heteroatoms. The van der Waals surface area contributed by atoms with Crippen LogP contribution in [0.2, 0.25) is 0 Å². The van der Waals surface area contributed by atoms with Crippen LogP contribution in [-0.2, 0) is 4.74 Å². The molecule has 244 valence electrons. The van der Waals surface area contributed by atoms with E-state index in [9.17, 15) is 9.18 Å². The number of carbonyl (C=O) groups is 1. The number of benzene rings is 2. The van der Waals surface area contributed by atoms with Crippen molar-refractivity contribution in [1.29, 1.82) is 0 Å². The van der Waals surface area contributed by atoms with Gasteiger partial charge in [-0.25, -0.2) is 23.5 Å². The first-order valence-corrected chi connectivity index (χ1v) is 16.4. The summed E-state index contributed by atoms with van der Waals surface area (Å²) in [6.45, 7) is 2.73. The molecule has 1 N–H and O–H groups in total. The normalized spacial score (nSPS) is 24.5. The van der Waals surface area contributed by atoms with Crippen LogP contribution in [0.4, 0.5) is 19.4 Å². The first-order chi connectivity index (χ1) is 23.3. The number of nitrogens with one attached hydrogen (secondary N) is 1. The van der Waals surface area contributed by atoms with E-state index in [0.29, 0.717) is 40.2 Å². The molecule has 0 aliphatic carbocycles. The number of ether oxygens (including phenoxy) is 1. The number of nitrogens with zero attached hydrogens (tertiary/aromatic N) is 6. The summed E-state index contributed by atoms with van der Waals surface area (Å²) in [5, 5.41) is 5.13. The quantitative estimate of drug-likeness (QED) is 0.319. The average Bonchev–Trinajstić information content (AvgIpc) is 3.89. The summed E-state index contributed by atoms with van der Waals surface area (Å²) in [6, 6.07) is 8.88. The molecule has 4 aliphatic heterocycles. The lowest BCUT2D eigenvalue weighted by Gasteiger charge is -2.30. The molecule has 4 saturated heterocycles. The summed E-state index contributed by atoms with van der Waals surface area (Å²) >= 11 is 0. The van der Waals surface area contributed by atoms with Gasteiger partial charge in [0.25, 0.3) is 0 Å². The Morgan fingerprint density at radius 1 is 1.21 bits per heavy atom. The maximum absolute atomic E-state index is 16.8. The number of piperazine rings is 1. The molecule has 4 atom stereocenters. The second-order valence-corrected chi connectivity index (χ2v) is 13.4. The van der Waals surface area contributed by atoms with Crippen LogP contribution in [0.1, 0.15) is 43.5 Å². The van der Waals surface area contributed by atoms with Gasteiger partial charge in [0.2, 0.25) is 5.82 Å². The molecule has 2 aromatic carbocycles. The zero-order valence-electron chi connectivity index (χ0n) is 26.9. The van der Waals surface area contributed by atoms with Crippen molar-refractivity contribution in [2.75, 3.05) is 45.2 Å². The van der Waals surface area contributed by atoms with E-state index in [1.807, 2.05) is 6.07 Å². The summed E-state index contributed by atoms with van der Waals surface area (Å²) in [4.78, 5) is 32.3. The summed E-state index contributed by atoms with van der Waals surface area (Å²) in [7, 11) is 3.34. The molecule has 0 saturated carbocycles. The highest BCUT2D eigenvalue weighted by molar-refractivity contribution is 6.02. The molecular weight excluding hydrogens is 612 g/mol. The van der Waals surface area contributed by atoms with E-state index in [2.05, 4.69) is 37.9 Å². The van der Waals surface area contributed by atoms with Gasteiger partial charge in [-0.05, 0) is 49.5 Å². The maximum atomic E-state index is 16.8. The Hall–Kier alpha value is -4.84. The van der Waals surface area contributed by atoms with Gasteiger partial charge in [0, 0.05) is 69.0 Å². The van der Waals surface area contributed by atoms with Crippen molar-refractivity contribution >= 4 is 33.6 Å². The Bertz CT molecular complexity index is 2090. The Kier molecular flexibility index (Phi) is 7.43. The fourth-order valence-corrected chi connectivity index (χ4v) is 8.12. The van der Waals surface area contributed by atoms with Crippen LogP contribution in [0.25, 0.3) is 32.9 Å². The number of halogens is 2. The largest absolute Gasteiger partial charge is 0.448 e. The first-order valence-electron chi connectivity index (χ1n) is 16.4. The molecule has 6 heterocycles. The number of pyridine rings is 1. The van der Waals surface area contributed by atoms with Gasteiger partial charge in [-0.3, -0.25) is 9.88 Å². The number of amides is 1. The van der Waals surface area contributed by atoms with Gasteiger partial charge in [-0.1, -0.05) is 36.1 Å². The van der Waals surface area contributed by atoms with E-state index in [1.165, 1.54) is 11.0 Å². The molecule has 48 heavy (non-hydrogen) atoms. The van der Waals surface area contributed by atoms with E-state index in [1.54, 1.807) is 38.5 Å². The molecule has 9 nitrogen and oxygen atoms in total. The van der Waals surface area contributed by atoms with Gasteiger partial charge in [0.1, 0.15) is 29.5 Å². The topological polar surface area (TPSA) is 86.7 Å². The van der Waals surface area contributed by atoms with Crippen LogP contribution in [-0.4, -0.2) is 94.8 Å². The van der Waals surface area contributed by atoms with Crippen molar-refractivity contribution in [2.24, 2.45) is 0 Å². The Labute approximate surface area is 277 Å². The van der Waals surface area contributed by atoms with E-state index < -0.39 is 11.6 Å². The van der Waals surface area contributed by atoms with Crippen molar-refractivity contribution in [3.05, 3.63) is 59.6 Å². The minimum atomic E-state index is -0.634. The van der Waals surface area contributed by atoms with Crippen LogP contribution < -0.4 is 10.2 Å². The van der Waals surface area contributed by atoms with Crippen LogP contribution >= 0.6 is 0 Å². The fourth-order valence-electron chi connectivity index (χ4n) is 8.12. The molecule has 0 radical (unpaired) electrons. The number of terminal acetylenes is 1. The summed E-state index contributed by atoms with van der Waals surface area (Å²) < 4.78 is 37.2. The predicted octanol–water partition coefficient (Wildman–Crippen LogP) is 4.70. The second kappa shape index (κ2) is 11.7. The van der Waals surface area contributed by atoms with Gasteiger partial charge in [-0.15, -0.1) is 6.42 Å². The fraction of sp³-hybridized carbons (Fsp3) is 0.405. The van der Waals surface area contributed by atoms with Crippen molar-refractivity contribution in [2.45, 2.75) is 55.8 Å². The van der Waals surface area contributed by atoms with Gasteiger partial charge >= 0.3 is 6.09 Å². The average molecular weight is 648 g/mol. The highest BCUT2D eigenvalue weighted by Gasteiger charge is 2.48. The number of fused-ring (bicyclic) bond motifs is 5. The van der Waals surface area contributed by atoms with Crippen molar-refractivity contribution in [3.8, 4) is 35.4 Å². The standard InChI is InChI=1S/C37H35F2N7O2/c1-4-26-29(38)10-9-22-7-5-8-27(31(22)26)33-32(39)34-28(19-41-33)35(45-20-23-17-25(45)18-40-23)43-30(42-34)12-15-37-13-6-16-46(37)24(11-14-37)21-48-36(47)44(2)3/h1,5,7-10,19,23-25,40H,6,11,13-14,16-18,20-21H2,2-3H3/t23-,24+,25-,37+/m0/s1. The molecule has 2 aromatic heterocycles. The summed E-state index contributed by atoms with van der Waals surface area (Å²) in [5.74, 6) is 8.88. The van der Waals surface area contributed by atoms with Gasteiger partial charge in [0.15, 0.2) is 5.82 Å². The molecule has 1 amide bonds. The number of hydrogen-bond acceptors (Lipinski definition) is 8. The number of rotatable bonds is 4. The van der Waals surface area contributed by atoms with E-state index >= 15 is 4.39 Å². The lowest BCUT2D eigenvalue weighted by Crippen LogP contribution is -2.44. The lowest BCUT2D eigenvalue weighted by molar-refractivity contribution is 0.0794. The summed E-state index contributed by atoms with van der Waals surface area (Å²) in [5.41, 5.74) is 0.220. The van der Waals surface area contributed by atoms with E-state index in [0.717, 1.165) is 51.7 Å². The highest BCUT2D eigenvalue weighted by Crippen LogP contribution is 2.42. The van der Waals surface area contributed by atoms with E-state index in [4.69, 9.17) is 21.1 Å². The maximum Gasteiger partial charge on any atom is 0.409 e. The highest BCUT2D eigenvalue weighted by atomic mass is 19.1. The predicted molar refractivity (Wildman–Crippen MR) is 179 cm³/mol. The molecule has 4 aromatic rings. The van der Waals surface area contributed by atoms with E-state index in [-0.39, 0.29) is 46.3 Å². The molecule has 8 rings (SSSR count). The SMILES string of the molecule is C#Cc1c(F)ccc2cccc(-c3ncc4c(N5C[C@@H]6C[C@H]5CN6)nc(C#C[C@]56CCCN5[C@@H](COC(=O)N(C)C)CC6)nc4c3F)c12. The third-order valence-electron chi connectivity index (χ3n) is 10.4. The minimum absolute atomic E-state index is 0.0369. The first kappa shape index (κ1) is 30.5. The number of aromatic nitrogens is 3. The minimum Gasteiger partial charge on any atom is -0.448 e. The second-order valence-electron chi connectivity index (χ2n) is 13.4. The molecule has 2 bridgehead atoms. The molecule has 4 fully saturated rings. The lowest BCUT2D eigenvalue weighted by atomic mass is 9.95. The van der Waals surface area contributed by atoms with Crippen LogP contribution in [0, 0.1) is 35.8 Å². The Morgan fingerprint density at radius 2 is 2.08 bits per heavy atom. The third-order valence-corrected chi connectivity index (χ3v) is 10.4. The molecular formula is C37H35F2N7O2. The zero-order chi connectivity index (χ0) is 33.2. The van der Waals surface area contributed by atoms with Crippen molar-refractivity contribution < 1.29 is 18.3 Å². The van der Waals surface area contributed by atoms with Gasteiger partial charge in [0.05, 0.1) is 16.5 Å². The number of hydrogen-bond donors (Lipinski definition) is 1. The smallest absolute Gasteiger partial charge is 0.409 e. The van der Waals surface area contributed by atoms with Crippen LogP contribution in [0.15, 0.2) is 36.5 Å². The zero-order valence-corrected chi connectivity index (χ0v) is 26.9. The van der Waals surface area contributed by atoms with Crippen LogP contribution in [0.3, 0.4) is 0 Å². The number of anilines is 1. The third kappa shape index (κ3) is 4.92. The summed E-state index contributed by atoms with van der Waals surface area (Å²) in [6.07, 6.45) is 11.5. The van der Waals surface area contributed by atoms with Crippen molar-refractivity contribution in [3.63, 3.8) is 0 Å². The van der Waals surface area contributed by atoms with Gasteiger partial charge in [-0.2, -0.15) is 0 Å². The monoisotopic (exact) mass is 647 g/mol. The molecule has 4 aliphatic rings. The van der Waals surface area contributed by atoms with Gasteiger partial charge < -0.3 is 19.9 Å². The van der Waals surface area contributed by atoms with Crippen molar-refractivity contribution in [1.82, 2.24) is 30.1 Å².